The van der Waals surface area contributed by atoms with Crippen LogP contribution in [0.5, 0.6) is 5.75 Å². The van der Waals surface area contributed by atoms with Crippen LogP contribution in [0.15, 0.2) is 29.3 Å². The molecular formula is C19H31ClN4O3S. The fraction of sp³-hybridized carbons (Fsp3) is 0.632. The van der Waals surface area contributed by atoms with Crippen molar-refractivity contribution in [1.82, 2.24) is 14.5 Å². The first kappa shape index (κ1) is 22.8. The molecule has 1 aliphatic rings. The maximum absolute atomic E-state index is 11.6. The number of piperidine rings is 1. The normalized spacial score (nSPS) is 16.8. The number of hydrogen-bond acceptors (Lipinski definition) is 4. The van der Waals surface area contributed by atoms with Crippen LogP contribution >= 0.6 is 11.6 Å². The van der Waals surface area contributed by atoms with Crippen molar-refractivity contribution < 1.29 is 13.2 Å². The first-order chi connectivity index (χ1) is 13.3. The summed E-state index contributed by atoms with van der Waals surface area (Å²) in [6, 6.07) is 7.36. The minimum atomic E-state index is -3.08. The molecule has 2 rings (SSSR count). The smallest absolute Gasteiger partial charge is 0.211 e. The van der Waals surface area contributed by atoms with Crippen LogP contribution in [-0.2, 0) is 10.0 Å². The Kier molecular flexibility index (Phi) is 8.85. The van der Waals surface area contributed by atoms with Gasteiger partial charge in [-0.2, -0.15) is 0 Å². The second-order valence-corrected chi connectivity index (χ2v) is 9.45. The van der Waals surface area contributed by atoms with Gasteiger partial charge in [-0.05, 0) is 43.9 Å². The molecule has 7 nitrogen and oxygen atoms in total. The summed E-state index contributed by atoms with van der Waals surface area (Å²) in [4.78, 5) is 6.79. The molecule has 0 unspecified atom stereocenters. The molecule has 158 valence electrons. The van der Waals surface area contributed by atoms with E-state index in [0.29, 0.717) is 43.7 Å². The van der Waals surface area contributed by atoms with Crippen LogP contribution in [0.4, 0.5) is 0 Å². The fourth-order valence-corrected chi connectivity index (χ4v) is 4.13. The summed E-state index contributed by atoms with van der Waals surface area (Å²) in [6.45, 7) is 5.89. The lowest BCUT2D eigenvalue weighted by atomic mass is 9.98. The quantitative estimate of drug-likeness (QED) is 0.506. The SMILES string of the molecule is CCNC(=NCC1CCN(S(C)(=O)=O)CC1)N(C)CCOc1cccc(Cl)c1. The van der Waals surface area contributed by atoms with Gasteiger partial charge in [-0.25, -0.2) is 12.7 Å². The second kappa shape index (κ2) is 10.9. The second-order valence-electron chi connectivity index (χ2n) is 7.03. The number of likely N-dealkylation sites (N-methyl/N-ethyl adjacent to an activating group) is 1. The van der Waals surface area contributed by atoms with E-state index in [1.165, 1.54) is 6.26 Å². The highest BCUT2D eigenvalue weighted by Crippen LogP contribution is 2.19. The van der Waals surface area contributed by atoms with Crippen LogP contribution in [0.25, 0.3) is 0 Å². The van der Waals surface area contributed by atoms with Crippen molar-refractivity contribution >= 4 is 27.6 Å². The average molecular weight is 431 g/mol. The molecule has 0 atom stereocenters. The summed E-state index contributed by atoms with van der Waals surface area (Å²) in [5.74, 6) is 1.99. The summed E-state index contributed by atoms with van der Waals surface area (Å²) >= 11 is 5.97. The van der Waals surface area contributed by atoms with Crippen LogP contribution in [-0.4, -0.2) is 76.2 Å². The molecule has 0 bridgehead atoms. The van der Waals surface area contributed by atoms with Gasteiger partial charge >= 0.3 is 0 Å². The number of ether oxygens (including phenoxy) is 1. The summed E-state index contributed by atoms with van der Waals surface area (Å²) in [5, 5.41) is 3.96. The lowest BCUT2D eigenvalue weighted by Gasteiger charge is -2.30. The fourth-order valence-electron chi connectivity index (χ4n) is 3.07. The first-order valence-corrected chi connectivity index (χ1v) is 11.8. The maximum atomic E-state index is 11.6. The van der Waals surface area contributed by atoms with Gasteiger partial charge in [0.05, 0.1) is 12.8 Å². The minimum absolute atomic E-state index is 0.405. The van der Waals surface area contributed by atoms with Gasteiger partial charge in [0.25, 0.3) is 0 Å². The van der Waals surface area contributed by atoms with Crippen molar-refractivity contribution in [3.05, 3.63) is 29.3 Å². The summed E-state index contributed by atoms with van der Waals surface area (Å²) in [6.07, 6.45) is 2.96. The third-order valence-corrected chi connectivity index (χ3v) is 6.27. The van der Waals surface area contributed by atoms with Gasteiger partial charge in [-0.1, -0.05) is 17.7 Å². The van der Waals surface area contributed by atoms with Gasteiger partial charge in [-0.3, -0.25) is 4.99 Å². The molecule has 28 heavy (non-hydrogen) atoms. The number of hydrogen-bond donors (Lipinski definition) is 1. The van der Waals surface area contributed by atoms with E-state index in [1.54, 1.807) is 10.4 Å². The Balaban J connectivity index is 1.82. The Hall–Kier alpha value is -1.51. The molecule has 1 aromatic rings. The van der Waals surface area contributed by atoms with Crippen molar-refractivity contribution in [1.29, 1.82) is 0 Å². The van der Waals surface area contributed by atoms with Crippen LogP contribution in [0.2, 0.25) is 5.02 Å². The lowest BCUT2D eigenvalue weighted by molar-refractivity contribution is 0.274. The third-order valence-electron chi connectivity index (χ3n) is 4.73. The predicted octanol–water partition coefficient (Wildman–Crippen LogP) is 2.29. The number of nitrogens with zero attached hydrogens (tertiary/aromatic N) is 3. The molecule has 0 saturated carbocycles. The van der Waals surface area contributed by atoms with E-state index < -0.39 is 10.0 Å². The summed E-state index contributed by atoms with van der Waals surface area (Å²) in [7, 11) is -1.10. The van der Waals surface area contributed by atoms with Crippen LogP contribution in [0, 0.1) is 5.92 Å². The van der Waals surface area contributed by atoms with Gasteiger partial charge in [0, 0.05) is 38.2 Å². The highest BCUT2D eigenvalue weighted by molar-refractivity contribution is 7.88. The van der Waals surface area contributed by atoms with E-state index in [0.717, 1.165) is 31.1 Å². The Morgan fingerprint density at radius 1 is 1.39 bits per heavy atom. The largest absolute Gasteiger partial charge is 0.492 e. The predicted molar refractivity (Wildman–Crippen MR) is 115 cm³/mol. The zero-order valence-corrected chi connectivity index (χ0v) is 18.5. The van der Waals surface area contributed by atoms with Gasteiger partial charge in [-0.15, -0.1) is 0 Å². The molecule has 0 radical (unpaired) electrons. The lowest BCUT2D eigenvalue weighted by Crippen LogP contribution is -2.42. The number of aliphatic imine (C=N–C) groups is 1. The standard InChI is InChI=1S/C19H31ClN4O3S/c1-4-21-19(22-15-16-8-10-24(11-9-16)28(3,25)26)23(2)12-13-27-18-7-5-6-17(20)14-18/h5-7,14,16H,4,8-13,15H2,1-3H3,(H,21,22). The first-order valence-electron chi connectivity index (χ1n) is 9.62. The maximum Gasteiger partial charge on any atom is 0.211 e. The number of benzene rings is 1. The van der Waals surface area contributed by atoms with E-state index >= 15 is 0 Å². The molecule has 1 aromatic carbocycles. The Bertz CT molecular complexity index is 749. The van der Waals surface area contributed by atoms with Gasteiger partial charge in [0.2, 0.25) is 10.0 Å². The van der Waals surface area contributed by atoms with E-state index in [1.807, 2.05) is 37.1 Å². The van der Waals surface area contributed by atoms with E-state index in [2.05, 4.69) is 5.32 Å². The van der Waals surface area contributed by atoms with Crippen LogP contribution < -0.4 is 10.1 Å². The van der Waals surface area contributed by atoms with Crippen molar-refractivity contribution in [2.75, 3.05) is 52.6 Å². The number of rotatable bonds is 8. The Labute approximate surface area is 173 Å². The molecule has 1 saturated heterocycles. The third kappa shape index (κ3) is 7.48. The molecular weight excluding hydrogens is 400 g/mol. The van der Waals surface area contributed by atoms with E-state index in [9.17, 15) is 8.42 Å². The van der Waals surface area contributed by atoms with Crippen molar-refractivity contribution in [3.8, 4) is 5.75 Å². The van der Waals surface area contributed by atoms with Crippen molar-refractivity contribution in [2.45, 2.75) is 19.8 Å². The molecule has 1 fully saturated rings. The van der Waals surface area contributed by atoms with Gasteiger partial charge in [0.1, 0.15) is 12.4 Å². The van der Waals surface area contributed by atoms with Crippen LogP contribution in [0.1, 0.15) is 19.8 Å². The molecule has 0 amide bonds. The monoisotopic (exact) mass is 430 g/mol. The minimum Gasteiger partial charge on any atom is -0.492 e. The van der Waals surface area contributed by atoms with Crippen molar-refractivity contribution in [3.63, 3.8) is 0 Å². The topological polar surface area (TPSA) is 74.2 Å². The number of nitrogens with one attached hydrogen (secondary N) is 1. The number of guanidine groups is 1. The molecule has 1 heterocycles. The average Bonchev–Trinajstić information content (AvgIpc) is 2.64. The van der Waals surface area contributed by atoms with Gasteiger partial charge < -0.3 is 15.0 Å². The highest BCUT2D eigenvalue weighted by atomic mass is 35.5. The van der Waals surface area contributed by atoms with E-state index in [-0.39, 0.29) is 0 Å². The van der Waals surface area contributed by atoms with E-state index in [4.69, 9.17) is 21.3 Å². The molecule has 0 spiro atoms. The summed E-state index contributed by atoms with van der Waals surface area (Å²) in [5.41, 5.74) is 0. The Morgan fingerprint density at radius 2 is 2.11 bits per heavy atom. The molecule has 1 N–H and O–H groups in total. The molecule has 1 aliphatic heterocycles. The summed E-state index contributed by atoms with van der Waals surface area (Å²) < 4.78 is 30.5. The number of sulfonamides is 1. The molecule has 0 aromatic heterocycles. The van der Waals surface area contributed by atoms with Crippen molar-refractivity contribution in [2.24, 2.45) is 10.9 Å². The van der Waals surface area contributed by atoms with Crippen LogP contribution in [0.3, 0.4) is 0 Å². The Morgan fingerprint density at radius 3 is 2.71 bits per heavy atom. The number of halogens is 1. The highest BCUT2D eigenvalue weighted by Gasteiger charge is 2.24. The molecule has 0 aliphatic carbocycles. The zero-order valence-electron chi connectivity index (χ0n) is 16.9. The van der Waals surface area contributed by atoms with Gasteiger partial charge in [0.15, 0.2) is 5.96 Å². The zero-order chi connectivity index (χ0) is 20.6. The molecule has 9 heteroatoms.